The van der Waals surface area contributed by atoms with Crippen molar-refractivity contribution in [3.05, 3.63) is 0 Å². The van der Waals surface area contributed by atoms with Crippen LogP contribution < -0.4 is 17.0 Å². The lowest BCUT2D eigenvalue weighted by atomic mass is 10.1. The van der Waals surface area contributed by atoms with Gasteiger partial charge in [0.2, 0.25) is 0 Å². The molecule has 0 aliphatic carbocycles. The second-order valence-electron chi connectivity index (χ2n) is 7.72. The number of unbranched alkanes of at least 4 members (excludes halogenated alkanes) is 12. The van der Waals surface area contributed by atoms with E-state index in [2.05, 4.69) is 36.8 Å². The highest BCUT2D eigenvalue weighted by Crippen LogP contribution is 2.14. The maximum absolute atomic E-state index is 3.67. The molecule has 0 unspecified atom stereocenters. The van der Waals surface area contributed by atoms with E-state index in [-0.39, 0.29) is 17.0 Å². The van der Waals surface area contributed by atoms with E-state index in [1.807, 2.05) is 0 Å². The third kappa shape index (κ3) is 17.7. The number of hydrogen-bond acceptors (Lipinski definition) is 0. The van der Waals surface area contributed by atoms with Crippen LogP contribution in [0.3, 0.4) is 0 Å². The Bertz CT molecular complexity index is 216. The average molecular weight is 471 g/mol. The molecule has 0 saturated carbocycles. The lowest BCUT2D eigenvalue weighted by Gasteiger charge is -2.34. The maximum atomic E-state index is 3.67. The van der Waals surface area contributed by atoms with Crippen LogP contribution in [0.25, 0.3) is 0 Å². The SMILES string of the molecule is CCCCCCCCC[N+](C)(CCBr)CCCCCCCCC.[Br-]. The Hall–Kier alpha value is 0.920. The number of rotatable bonds is 18. The van der Waals surface area contributed by atoms with Crippen molar-refractivity contribution in [1.82, 2.24) is 0 Å². The monoisotopic (exact) mass is 469 g/mol. The molecule has 0 radical (unpaired) electrons. The molecule has 0 rings (SSSR count). The lowest BCUT2D eigenvalue weighted by Crippen LogP contribution is -3.00. The number of halogens is 2. The minimum Gasteiger partial charge on any atom is -1.00 e. The van der Waals surface area contributed by atoms with E-state index in [0.29, 0.717) is 0 Å². The fourth-order valence-electron chi connectivity index (χ4n) is 3.44. The molecular weight excluding hydrogens is 426 g/mol. The summed E-state index contributed by atoms with van der Waals surface area (Å²) in [5.74, 6) is 0. The molecule has 0 saturated heterocycles. The van der Waals surface area contributed by atoms with Crippen LogP contribution in [0.5, 0.6) is 0 Å². The van der Waals surface area contributed by atoms with Crippen molar-refractivity contribution in [3.63, 3.8) is 0 Å². The zero-order valence-electron chi connectivity index (χ0n) is 16.9. The zero-order valence-corrected chi connectivity index (χ0v) is 20.1. The highest BCUT2D eigenvalue weighted by molar-refractivity contribution is 9.09. The van der Waals surface area contributed by atoms with Crippen LogP contribution in [0.4, 0.5) is 0 Å². The van der Waals surface area contributed by atoms with Crippen molar-refractivity contribution in [3.8, 4) is 0 Å². The van der Waals surface area contributed by atoms with Crippen molar-refractivity contribution < 1.29 is 21.5 Å². The van der Waals surface area contributed by atoms with Gasteiger partial charge in [0, 0.05) is 0 Å². The molecular formula is C21H45Br2N. The minimum absolute atomic E-state index is 0. The molecule has 0 aliphatic heterocycles. The average Bonchev–Trinajstić information content (AvgIpc) is 2.53. The number of quaternary nitrogens is 1. The Morgan fingerprint density at radius 2 is 0.875 bits per heavy atom. The summed E-state index contributed by atoms with van der Waals surface area (Å²) in [6.45, 7) is 8.66. The Balaban J connectivity index is 0. The van der Waals surface area contributed by atoms with Gasteiger partial charge >= 0.3 is 0 Å². The summed E-state index contributed by atoms with van der Waals surface area (Å²) in [6, 6.07) is 0. The molecule has 148 valence electrons. The number of nitrogens with zero attached hydrogens (tertiary/aromatic N) is 1. The number of hydrogen-bond donors (Lipinski definition) is 0. The highest BCUT2D eigenvalue weighted by atomic mass is 79.9. The van der Waals surface area contributed by atoms with E-state index in [1.54, 1.807) is 0 Å². The van der Waals surface area contributed by atoms with Gasteiger partial charge in [-0.3, -0.25) is 0 Å². The van der Waals surface area contributed by atoms with Gasteiger partial charge in [0.15, 0.2) is 0 Å². The first-order valence-electron chi connectivity index (χ1n) is 10.6. The first-order valence-corrected chi connectivity index (χ1v) is 11.7. The molecule has 0 amide bonds. The van der Waals surface area contributed by atoms with Crippen LogP contribution >= 0.6 is 15.9 Å². The van der Waals surface area contributed by atoms with Crippen LogP contribution in [0.15, 0.2) is 0 Å². The minimum atomic E-state index is 0. The molecule has 0 aromatic rings. The van der Waals surface area contributed by atoms with Gasteiger partial charge in [0.05, 0.1) is 32.0 Å². The zero-order chi connectivity index (χ0) is 17.2. The predicted octanol–water partition coefficient (Wildman–Crippen LogP) is 4.33. The van der Waals surface area contributed by atoms with Crippen LogP contribution in [0.1, 0.15) is 104 Å². The molecule has 0 fully saturated rings. The second kappa shape index (κ2) is 20.2. The highest BCUT2D eigenvalue weighted by Gasteiger charge is 2.19. The van der Waals surface area contributed by atoms with Crippen molar-refractivity contribution in [2.45, 2.75) is 104 Å². The third-order valence-corrected chi connectivity index (χ3v) is 5.58. The molecule has 0 aromatic carbocycles. The topological polar surface area (TPSA) is 0 Å². The summed E-state index contributed by atoms with van der Waals surface area (Å²) >= 11 is 3.67. The lowest BCUT2D eigenvalue weighted by molar-refractivity contribution is -0.907. The fraction of sp³-hybridized carbons (Fsp3) is 1.00. The Morgan fingerprint density at radius 3 is 1.21 bits per heavy atom. The largest absolute Gasteiger partial charge is 1.00 e. The van der Waals surface area contributed by atoms with E-state index in [1.165, 1.54) is 114 Å². The summed E-state index contributed by atoms with van der Waals surface area (Å²) in [4.78, 5) is 0. The Morgan fingerprint density at radius 1 is 0.542 bits per heavy atom. The summed E-state index contributed by atoms with van der Waals surface area (Å²) < 4.78 is 1.29. The van der Waals surface area contributed by atoms with Crippen molar-refractivity contribution in [2.24, 2.45) is 0 Å². The summed E-state index contributed by atoms with van der Waals surface area (Å²) in [5.41, 5.74) is 0. The smallest absolute Gasteiger partial charge is 0.0883 e. The van der Waals surface area contributed by atoms with E-state index >= 15 is 0 Å². The van der Waals surface area contributed by atoms with Gasteiger partial charge in [0.25, 0.3) is 0 Å². The van der Waals surface area contributed by atoms with E-state index in [0.717, 1.165) is 5.33 Å². The molecule has 24 heavy (non-hydrogen) atoms. The van der Waals surface area contributed by atoms with E-state index in [4.69, 9.17) is 0 Å². The Labute approximate surface area is 172 Å². The first kappa shape index (κ1) is 27.1. The molecule has 0 aliphatic rings. The van der Waals surface area contributed by atoms with Gasteiger partial charge in [-0.2, -0.15) is 0 Å². The molecule has 0 heterocycles. The van der Waals surface area contributed by atoms with E-state index < -0.39 is 0 Å². The van der Waals surface area contributed by atoms with Crippen LogP contribution in [-0.4, -0.2) is 36.5 Å². The first-order chi connectivity index (χ1) is 11.2. The summed E-state index contributed by atoms with van der Waals surface area (Å²) in [7, 11) is 2.48. The fourth-order valence-corrected chi connectivity index (χ4v) is 4.30. The van der Waals surface area contributed by atoms with Crippen molar-refractivity contribution in [1.29, 1.82) is 0 Å². The van der Waals surface area contributed by atoms with Crippen LogP contribution in [-0.2, 0) is 0 Å². The van der Waals surface area contributed by atoms with Crippen molar-refractivity contribution in [2.75, 3.05) is 32.0 Å². The molecule has 1 nitrogen and oxygen atoms in total. The molecule has 0 aromatic heterocycles. The molecule has 0 spiro atoms. The molecule has 0 atom stereocenters. The summed E-state index contributed by atoms with van der Waals surface area (Å²) in [5, 5.41) is 1.15. The molecule has 3 heteroatoms. The standard InChI is InChI=1S/C21H45BrN.BrH/c1-4-6-8-10-12-14-16-19-23(3,21-18-22)20-17-15-13-11-9-7-5-2;/h4-21H2,1-3H3;1H/q+1;/p-1. The quantitative estimate of drug-likeness (QED) is 0.159. The van der Waals surface area contributed by atoms with Gasteiger partial charge in [0.1, 0.15) is 0 Å². The van der Waals surface area contributed by atoms with Crippen LogP contribution in [0.2, 0.25) is 0 Å². The van der Waals surface area contributed by atoms with E-state index in [9.17, 15) is 0 Å². The maximum Gasteiger partial charge on any atom is 0.0883 e. The van der Waals surface area contributed by atoms with Gasteiger partial charge in [-0.05, 0) is 25.7 Å². The second-order valence-corrected chi connectivity index (χ2v) is 8.51. The van der Waals surface area contributed by atoms with Gasteiger partial charge in [-0.25, -0.2) is 0 Å². The third-order valence-electron chi connectivity index (χ3n) is 5.23. The molecule has 0 bridgehead atoms. The predicted molar refractivity (Wildman–Crippen MR) is 111 cm³/mol. The van der Waals surface area contributed by atoms with Gasteiger partial charge < -0.3 is 21.5 Å². The van der Waals surface area contributed by atoms with Crippen molar-refractivity contribution >= 4 is 15.9 Å². The van der Waals surface area contributed by atoms with Gasteiger partial charge in [-0.15, -0.1) is 0 Å². The Kier molecular flexibility index (Phi) is 22.9. The van der Waals surface area contributed by atoms with Crippen LogP contribution in [0, 0.1) is 0 Å². The van der Waals surface area contributed by atoms with Gasteiger partial charge in [-0.1, -0.05) is 94.0 Å². The summed E-state index contributed by atoms with van der Waals surface area (Å²) in [6.07, 6.45) is 20.0. The normalized spacial score (nSPS) is 11.5. The number of alkyl halides is 1. The molecule has 0 N–H and O–H groups in total.